The van der Waals surface area contributed by atoms with E-state index in [-0.39, 0.29) is 24.2 Å². The molecule has 192 valence electrons. The zero-order valence-electron chi connectivity index (χ0n) is 21.5. The summed E-state index contributed by atoms with van der Waals surface area (Å²) >= 11 is 1.35. The zero-order chi connectivity index (χ0) is 26.8. The monoisotopic (exact) mass is 524 g/mol. The van der Waals surface area contributed by atoms with E-state index < -0.39 is 0 Å². The van der Waals surface area contributed by atoms with Gasteiger partial charge in [0.1, 0.15) is 19.0 Å². The number of hydrogen-bond donors (Lipinski definition) is 1. The van der Waals surface area contributed by atoms with Crippen LogP contribution in [0.4, 0.5) is 0 Å². The summed E-state index contributed by atoms with van der Waals surface area (Å²) < 4.78 is 15.3. The molecule has 7 heteroatoms. The Bertz CT molecular complexity index is 1850. The van der Waals surface area contributed by atoms with Crippen LogP contribution in [0.3, 0.4) is 0 Å². The average Bonchev–Trinajstić information content (AvgIpc) is 3.27. The van der Waals surface area contributed by atoms with Crippen molar-refractivity contribution >= 4 is 34.4 Å². The first-order chi connectivity index (χ1) is 18.3. The molecule has 0 radical (unpaired) electrons. The Labute approximate surface area is 223 Å². The normalized spacial score (nSPS) is 12.0. The predicted octanol–water partition coefficient (Wildman–Crippen LogP) is 4.35. The number of para-hydroxylation sites is 1. The first-order valence-electron chi connectivity index (χ1n) is 12.3. The third kappa shape index (κ3) is 4.93. The number of H-pyrrole nitrogens is 1. The molecule has 0 unspecified atom stereocenters. The summed E-state index contributed by atoms with van der Waals surface area (Å²) in [5, 5.41) is 0.611. The van der Waals surface area contributed by atoms with E-state index >= 15 is 0 Å². The van der Waals surface area contributed by atoms with Crippen LogP contribution >= 0.6 is 11.3 Å². The number of thiazole rings is 1. The molecule has 38 heavy (non-hydrogen) atoms. The lowest BCUT2D eigenvalue weighted by atomic mass is 10.1. The molecule has 0 spiro atoms. The molecular weight excluding hydrogens is 496 g/mol. The van der Waals surface area contributed by atoms with E-state index in [1.165, 1.54) is 11.3 Å². The van der Waals surface area contributed by atoms with Gasteiger partial charge in [-0.1, -0.05) is 60.7 Å². The molecule has 0 bridgehead atoms. The van der Waals surface area contributed by atoms with Crippen molar-refractivity contribution in [3.8, 4) is 22.8 Å². The quantitative estimate of drug-likeness (QED) is 0.321. The summed E-state index contributed by atoms with van der Waals surface area (Å²) in [6.07, 6.45) is 0. The Morgan fingerprint density at radius 1 is 0.947 bits per heavy atom. The average molecular weight is 525 g/mol. The summed E-state index contributed by atoms with van der Waals surface area (Å²) in [7, 11) is 1.95. The highest BCUT2D eigenvalue weighted by atomic mass is 32.1. The molecule has 0 aliphatic heterocycles. The van der Waals surface area contributed by atoms with Crippen LogP contribution in [0.25, 0.3) is 34.3 Å². The van der Waals surface area contributed by atoms with Gasteiger partial charge in [0.2, 0.25) is 5.43 Å². The van der Waals surface area contributed by atoms with Crippen LogP contribution in [0.1, 0.15) is 18.1 Å². The summed E-state index contributed by atoms with van der Waals surface area (Å²) in [4.78, 5) is 28.3. The Morgan fingerprint density at radius 2 is 1.63 bits per heavy atom. The third-order valence-electron chi connectivity index (χ3n) is 6.50. The molecule has 0 saturated heterocycles. The fourth-order valence-electron chi connectivity index (χ4n) is 4.49. The van der Waals surface area contributed by atoms with Crippen molar-refractivity contribution in [1.82, 2.24) is 9.55 Å². The summed E-state index contributed by atoms with van der Waals surface area (Å²) in [6, 6.07) is 23.2. The molecule has 3 aromatic carbocycles. The maximum Gasteiger partial charge on any atom is 0.266 e. The van der Waals surface area contributed by atoms with Gasteiger partial charge in [-0.05, 0) is 49.2 Å². The Balaban J connectivity index is 1.36. The van der Waals surface area contributed by atoms with Gasteiger partial charge in [0.05, 0.1) is 20.4 Å². The van der Waals surface area contributed by atoms with E-state index in [2.05, 4.69) is 11.6 Å². The van der Waals surface area contributed by atoms with Gasteiger partial charge >= 0.3 is 0 Å². The molecule has 0 amide bonds. The molecule has 5 rings (SSSR count). The van der Waals surface area contributed by atoms with Gasteiger partial charge in [-0.25, -0.2) is 0 Å². The number of nitrogens with zero attached hydrogens (tertiary/aromatic N) is 1. The van der Waals surface area contributed by atoms with Crippen molar-refractivity contribution in [2.75, 3.05) is 13.2 Å². The summed E-state index contributed by atoms with van der Waals surface area (Å²) in [5.41, 5.74) is 5.19. The van der Waals surface area contributed by atoms with Crippen molar-refractivity contribution in [3.05, 3.63) is 114 Å². The molecule has 2 aromatic heterocycles. The van der Waals surface area contributed by atoms with Crippen LogP contribution in [-0.2, 0) is 7.05 Å². The van der Waals surface area contributed by atoms with Gasteiger partial charge < -0.3 is 19.0 Å². The molecule has 0 aliphatic rings. The molecule has 0 atom stereocenters. The Kier molecular flexibility index (Phi) is 7.03. The number of ether oxygens (including phenoxy) is 2. The number of rotatable bonds is 7. The molecule has 6 nitrogen and oxygen atoms in total. The molecule has 2 heterocycles. The Morgan fingerprint density at radius 3 is 2.32 bits per heavy atom. The highest BCUT2D eigenvalue weighted by Crippen LogP contribution is 2.30. The number of aromatic amines is 1. The fraction of sp³-hybridized carbons (Fsp3) is 0.161. The second-order valence-electron chi connectivity index (χ2n) is 9.10. The van der Waals surface area contributed by atoms with Crippen LogP contribution < -0.4 is 29.7 Å². The minimum Gasteiger partial charge on any atom is -0.490 e. The number of fused-ring (bicyclic) bond motifs is 1. The number of benzene rings is 3. The Hall–Kier alpha value is -4.36. The fourth-order valence-corrected chi connectivity index (χ4v) is 5.30. The predicted molar refractivity (Wildman–Crippen MR) is 155 cm³/mol. The van der Waals surface area contributed by atoms with Gasteiger partial charge in [-0.15, -0.1) is 11.3 Å². The number of pyridine rings is 1. The van der Waals surface area contributed by atoms with Gasteiger partial charge in [0.15, 0.2) is 5.75 Å². The van der Waals surface area contributed by atoms with E-state index in [0.29, 0.717) is 26.1 Å². The zero-order valence-corrected chi connectivity index (χ0v) is 22.4. The van der Waals surface area contributed by atoms with E-state index in [0.717, 1.165) is 33.5 Å². The first kappa shape index (κ1) is 25.3. The van der Waals surface area contributed by atoms with Crippen molar-refractivity contribution in [1.29, 1.82) is 0 Å². The van der Waals surface area contributed by atoms with Crippen LogP contribution in [0.2, 0.25) is 0 Å². The highest BCUT2D eigenvalue weighted by molar-refractivity contribution is 7.07. The first-order valence-corrected chi connectivity index (χ1v) is 13.1. The lowest BCUT2D eigenvalue weighted by molar-refractivity contribution is 0.216. The second-order valence-corrected chi connectivity index (χ2v) is 10.2. The number of aryl methyl sites for hydroxylation is 2. The van der Waals surface area contributed by atoms with Crippen molar-refractivity contribution in [2.24, 2.45) is 7.05 Å². The lowest BCUT2D eigenvalue weighted by Crippen LogP contribution is -2.22. The van der Waals surface area contributed by atoms with E-state index in [4.69, 9.17) is 9.47 Å². The van der Waals surface area contributed by atoms with Gasteiger partial charge in [0, 0.05) is 18.0 Å². The van der Waals surface area contributed by atoms with Gasteiger partial charge in [-0.2, -0.15) is 0 Å². The van der Waals surface area contributed by atoms with Crippen molar-refractivity contribution < 1.29 is 9.47 Å². The standard InChI is InChI=1S/C31H28N2O4S/c1-19-9-11-23(12-10-19)27-29(28(34)25-7-5-6-8-26(25)33(27)4)37-18-17-36-24-15-13-22(14-16-24)20(2)30-31(35)32-21(3)38-30/h5-16H,3,17-18H2,1-2,4H3,(H,32,35)/b30-20+. The van der Waals surface area contributed by atoms with Crippen LogP contribution in [0.5, 0.6) is 11.5 Å². The second kappa shape index (κ2) is 10.6. The maximum atomic E-state index is 13.4. The minimum atomic E-state index is -0.140. The number of hydrogen-bond acceptors (Lipinski definition) is 5. The van der Waals surface area contributed by atoms with E-state index in [1.54, 1.807) is 0 Å². The number of aromatic nitrogens is 2. The smallest absolute Gasteiger partial charge is 0.266 e. The summed E-state index contributed by atoms with van der Waals surface area (Å²) in [6.45, 7) is 8.22. The lowest BCUT2D eigenvalue weighted by Gasteiger charge is -2.18. The molecule has 5 aromatic rings. The van der Waals surface area contributed by atoms with Crippen LogP contribution in [0, 0.1) is 6.92 Å². The van der Waals surface area contributed by atoms with E-state index in [9.17, 15) is 9.59 Å². The third-order valence-corrected chi connectivity index (χ3v) is 7.55. The molecule has 0 saturated carbocycles. The SMILES string of the molecule is C=c1[nH]c(=O)/c(=C(/C)c2ccc(OCCOc3c(-c4ccc(C)cc4)n(C)c4ccccc4c3=O)cc2)s1. The summed E-state index contributed by atoms with van der Waals surface area (Å²) in [5.74, 6) is 0.985. The van der Waals surface area contributed by atoms with Gasteiger partial charge in [-0.3, -0.25) is 9.59 Å². The van der Waals surface area contributed by atoms with Crippen molar-refractivity contribution in [3.63, 3.8) is 0 Å². The molecule has 0 aliphatic carbocycles. The topological polar surface area (TPSA) is 73.3 Å². The molecule has 0 fully saturated rings. The van der Waals surface area contributed by atoms with Crippen molar-refractivity contribution in [2.45, 2.75) is 13.8 Å². The van der Waals surface area contributed by atoms with Crippen LogP contribution in [-0.4, -0.2) is 22.8 Å². The van der Waals surface area contributed by atoms with E-state index in [1.807, 2.05) is 98.3 Å². The molecule has 1 N–H and O–H groups in total. The van der Waals surface area contributed by atoms with Crippen LogP contribution in [0.15, 0.2) is 82.4 Å². The largest absolute Gasteiger partial charge is 0.490 e. The van der Waals surface area contributed by atoms with Gasteiger partial charge in [0.25, 0.3) is 5.56 Å². The minimum absolute atomic E-state index is 0.125. The number of nitrogens with one attached hydrogen (secondary N) is 1. The highest BCUT2D eigenvalue weighted by Gasteiger charge is 2.18. The maximum absolute atomic E-state index is 13.4. The molecular formula is C31H28N2O4S.